The Bertz CT molecular complexity index is 261. The number of carbonyl (C=O) groups is 1. The van der Waals surface area contributed by atoms with Crippen LogP contribution in [0.1, 0.15) is 124 Å². The maximum atomic E-state index is 11.6. The van der Waals surface area contributed by atoms with E-state index in [-0.39, 0.29) is 5.97 Å². The molecule has 0 aromatic rings. The first-order chi connectivity index (χ1) is 11.7. The number of carbonyl (C=O) groups excluding carboxylic acids is 1. The van der Waals surface area contributed by atoms with Crippen molar-refractivity contribution in [1.82, 2.24) is 0 Å². The number of hydrogen-bond donors (Lipinski definition) is 0. The Kier molecular flexibility index (Phi) is 18.4. The third-order valence-electron chi connectivity index (χ3n) is 4.67. The van der Waals surface area contributed by atoms with Gasteiger partial charge in [-0.05, 0) is 18.8 Å². The van der Waals surface area contributed by atoms with Crippen LogP contribution in [0, 0.1) is 5.92 Å². The molecule has 0 unspecified atom stereocenters. The van der Waals surface area contributed by atoms with Crippen molar-refractivity contribution in [2.75, 3.05) is 6.61 Å². The SMILES string of the molecule is CCCCCCCC(=O)OCCCCCCCCCCCC(C)C. The fourth-order valence-electron chi connectivity index (χ4n) is 3.02. The molecule has 0 saturated carbocycles. The summed E-state index contributed by atoms with van der Waals surface area (Å²) in [4.78, 5) is 11.6. The second-order valence-electron chi connectivity index (χ2n) is 7.75. The van der Waals surface area contributed by atoms with Gasteiger partial charge >= 0.3 is 5.97 Å². The van der Waals surface area contributed by atoms with E-state index in [9.17, 15) is 4.79 Å². The molecule has 0 aliphatic carbocycles. The predicted octanol–water partition coefficient (Wildman–Crippen LogP) is 7.45. The minimum atomic E-state index is 0.00731. The number of ether oxygens (including phenoxy) is 1. The lowest BCUT2D eigenvalue weighted by molar-refractivity contribution is -0.143. The lowest BCUT2D eigenvalue weighted by Crippen LogP contribution is -2.05. The van der Waals surface area contributed by atoms with Crippen LogP contribution in [0.15, 0.2) is 0 Å². The molecule has 0 bridgehead atoms. The van der Waals surface area contributed by atoms with Crippen molar-refractivity contribution in [1.29, 1.82) is 0 Å². The zero-order valence-electron chi connectivity index (χ0n) is 16.9. The number of esters is 1. The highest BCUT2D eigenvalue weighted by atomic mass is 16.5. The Morgan fingerprint density at radius 1 is 0.708 bits per heavy atom. The average molecular weight is 341 g/mol. The predicted molar refractivity (Wildman–Crippen MR) is 105 cm³/mol. The Balaban J connectivity index is 3.12. The summed E-state index contributed by atoms with van der Waals surface area (Å²) in [7, 11) is 0. The third kappa shape index (κ3) is 19.5. The molecule has 0 amide bonds. The molecule has 0 aliphatic heterocycles. The summed E-state index contributed by atoms with van der Waals surface area (Å²) < 4.78 is 5.30. The normalized spacial score (nSPS) is 11.2. The van der Waals surface area contributed by atoms with E-state index in [0.29, 0.717) is 13.0 Å². The van der Waals surface area contributed by atoms with Crippen molar-refractivity contribution in [2.45, 2.75) is 124 Å². The zero-order chi connectivity index (χ0) is 17.9. The van der Waals surface area contributed by atoms with E-state index in [1.54, 1.807) is 0 Å². The van der Waals surface area contributed by atoms with Gasteiger partial charge < -0.3 is 4.74 Å². The van der Waals surface area contributed by atoms with Crippen LogP contribution in [-0.4, -0.2) is 12.6 Å². The molecule has 0 atom stereocenters. The van der Waals surface area contributed by atoms with Gasteiger partial charge in [-0.1, -0.05) is 104 Å². The third-order valence-corrected chi connectivity index (χ3v) is 4.67. The Morgan fingerprint density at radius 2 is 1.21 bits per heavy atom. The average Bonchev–Trinajstić information content (AvgIpc) is 2.55. The van der Waals surface area contributed by atoms with Crippen molar-refractivity contribution in [3.8, 4) is 0 Å². The molecule has 0 rings (SSSR count). The van der Waals surface area contributed by atoms with Crippen molar-refractivity contribution >= 4 is 5.97 Å². The Morgan fingerprint density at radius 3 is 1.79 bits per heavy atom. The van der Waals surface area contributed by atoms with Crippen LogP contribution in [0.2, 0.25) is 0 Å². The molecule has 2 nitrogen and oxygen atoms in total. The molecular formula is C22H44O2. The van der Waals surface area contributed by atoms with Gasteiger partial charge in [-0.3, -0.25) is 4.79 Å². The Labute approximate surface area is 152 Å². The molecule has 2 heteroatoms. The summed E-state index contributed by atoms with van der Waals surface area (Å²) in [6, 6.07) is 0. The molecule has 0 heterocycles. The van der Waals surface area contributed by atoms with Gasteiger partial charge in [0.2, 0.25) is 0 Å². The molecule has 0 spiro atoms. The van der Waals surface area contributed by atoms with Gasteiger partial charge in [0.05, 0.1) is 6.61 Å². The van der Waals surface area contributed by atoms with Gasteiger partial charge in [-0.25, -0.2) is 0 Å². The molecular weight excluding hydrogens is 296 g/mol. The summed E-state index contributed by atoms with van der Waals surface area (Å²) in [6.07, 6.45) is 19.8. The van der Waals surface area contributed by atoms with E-state index in [1.807, 2.05) is 0 Å². The van der Waals surface area contributed by atoms with E-state index in [2.05, 4.69) is 20.8 Å². The van der Waals surface area contributed by atoms with E-state index in [1.165, 1.54) is 83.5 Å². The Hall–Kier alpha value is -0.530. The minimum absolute atomic E-state index is 0.00731. The van der Waals surface area contributed by atoms with Crippen LogP contribution in [0.3, 0.4) is 0 Å². The van der Waals surface area contributed by atoms with E-state index in [4.69, 9.17) is 4.74 Å². The van der Waals surface area contributed by atoms with Crippen LogP contribution in [-0.2, 0) is 9.53 Å². The number of rotatable bonds is 18. The van der Waals surface area contributed by atoms with Gasteiger partial charge in [-0.2, -0.15) is 0 Å². The van der Waals surface area contributed by atoms with Gasteiger partial charge in [0.1, 0.15) is 0 Å². The van der Waals surface area contributed by atoms with Gasteiger partial charge in [0.25, 0.3) is 0 Å². The molecule has 0 saturated heterocycles. The molecule has 0 aromatic heterocycles. The van der Waals surface area contributed by atoms with Crippen molar-refractivity contribution < 1.29 is 9.53 Å². The van der Waals surface area contributed by atoms with Crippen molar-refractivity contribution in [3.05, 3.63) is 0 Å². The largest absolute Gasteiger partial charge is 0.466 e. The summed E-state index contributed by atoms with van der Waals surface area (Å²) in [6.45, 7) is 7.46. The van der Waals surface area contributed by atoms with Crippen molar-refractivity contribution in [2.24, 2.45) is 5.92 Å². The van der Waals surface area contributed by atoms with E-state index in [0.717, 1.165) is 18.8 Å². The highest BCUT2D eigenvalue weighted by molar-refractivity contribution is 5.69. The number of unbranched alkanes of at least 4 members (excludes halogenated alkanes) is 12. The second-order valence-corrected chi connectivity index (χ2v) is 7.75. The first-order valence-electron chi connectivity index (χ1n) is 10.8. The van der Waals surface area contributed by atoms with Crippen LogP contribution in [0.5, 0.6) is 0 Å². The fourth-order valence-corrected chi connectivity index (χ4v) is 3.02. The minimum Gasteiger partial charge on any atom is -0.466 e. The topological polar surface area (TPSA) is 26.3 Å². The summed E-state index contributed by atoms with van der Waals surface area (Å²) in [5, 5.41) is 0. The summed E-state index contributed by atoms with van der Waals surface area (Å²) >= 11 is 0. The lowest BCUT2D eigenvalue weighted by Gasteiger charge is -2.06. The molecule has 0 radical (unpaired) electrons. The van der Waals surface area contributed by atoms with Crippen LogP contribution >= 0.6 is 0 Å². The summed E-state index contributed by atoms with van der Waals surface area (Å²) in [5.74, 6) is 0.869. The molecule has 24 heavy (non-hydrogen) atoms. The fraction of sp³-hybridized carbons (Fsp3) is 0.955. The van der Waals surface area contributed by atoms with Crippen LogP contribution < -0.4 is 0 Å². The molecule has 0 N–H and O–H groups in total. The van der Waals surface area contributed by atoms with Gasteiger partial charge in [0, 0.05) is 6.42 Å². The van der Waals surface area contributed by atoms with Crippen LogP contribution in [0.4, 0.5) is 0 Å². The van der Waals surface area contributed by atoms with Gasteiger partial charge in [-0.15, -0.1) is 0 Å². The van der Waals surface area contributed by atoms with Crippen LogP contribution in [0.25, 0.3) is 0 Å². The first-order valence-corrected chi connectivity index (χ1v) is 10.8. The summed E-state index contributed by atoms with van der Waals surface area (Å²) in [5.41, 5.74) is 0. The quantitative estimate of drug-likeness (QED) is 0.191. The maximum absolute atomic E-state index is 11.6. The first kappa shape index (κ1) is 23.5. The number of hydrogen-bond acceptors (Lipinski definition) is 2. The smallest absolute Gasteiger partial charge is 0.305 e. The molecule has 144 valence electrons. The highest BCUT2D eigenvalue weighted by Crippen LogP contribution is 2.13. The molecule has 0 fully saturated rings. The monoisotopic (exact) mass is 340 g/mol. The van der Waals surface area contributed by atoms with Crippen molar-refractivity contribution in [3.63, 3.8) is 0 Å². The molecule has 0 aliphatic rings. The highest BCUT2D eigenvalue weighted by Gasteiger charge is 2.02. The molecule has 0 aromatic carbocycles. The second kappa shape index (κ2) is 18.8. The standard InChI is InChI=1S/C22H44O2/c1-4-5-6-12-16-19-22(23)24-20-17-14-11-9-7-8-10-13-15-18-21(2)3/h21H,4-20H2,1-3H3. The van der Waals surface area contributed by atoms with Gasteiger partial charge in [0.15, 0.2) is 0 Å². The maximum Gasteiger partial charge on any atom is 0.305 e. The lowest BCUT2D eigenvalue weighted by atomic mass is 10.0. The van der Waals surface area contributed by atoms with E-state index < -0.39 is 0 Å². The van der Waals surface area contributed by atoms with E-state index >= 15 is 0 Å². The zero-order valence-corrected chi connectivity index (χ0v) is 16.9.